The van der Waals surface area contributed by atoms with Crippen LogP contribution in [0.2, 0.25) is 0 Å². The molecule has 0 radical (unpaired) electrons. The van der Waals surface area contributed by atoms with E-state index in [0.717, 1.165) is 12.8 Å². The van der Waals surface area contributed by atoms with Crippen LogP contribution in [-0.2, 0) is 9.59 Å². The smallest absolute Gasteiger partial charge is 0.242 e. The lowest BCUT2D eigenvalue weighted by molar-refractivity contribution is -0.142. The standard InChI is InChI=1S/C13H20N2O2/c1-10-13(17)14-7-8-15(10)12(16)9-11-5-3-2-4-6-11/h5,10H,2-4,6-9H2,1H3,(H,14,17). The quantitative estimate of drug-likeness (QED) is 0.733. The number of amides is 2. The molecule has 0 aromatic rings. The van der Waals surface area contributed by atoms with Gasteiger partial charge in [-0.05, 0) is 32.6 Å². The molecule has 1 saturated heterocycles. The van der Waals surface area contributed by atoms with Gasteiger partial charge in [0.05, 0.1) is 0 Å². The molecule has 2 aliphatic rings. The second-order valence-electron chi connectivity index (χ2n) is 4.84. The fraction of sp³-hybridized carbons (Fsp3) is 0.692. The van der Waals surface area contributed by atoms with E-state index in [1.807, 2.05) is 0 Å². The van der Waals surface area contributed by atoms with Crippen molar-refractivity contribution in [1.29, 1.82) is 0 Å². The highest BCUT2D eigenvalue weighted by Gasteiger charge is 2.29. The van der Waals surface area contributed by atoms with Crippen molar-refractivity contribution in [3.8, 4) is 0 Å². The fourth-order valence-electron chi connectivity index (χ4n) is 2.48. The zero-order valence-electron chi connectivity index (χ0n) is 10.4. The highest BCUT2D eigenvalue weighted by atomic mass is 16.2. The maximum Gasteiger partial charge on any atom is 0.242 e. The van der Waals surface area contributed by atoms with Gasteiger partial charge in [-0.2, -0.15) is 0 Å². The Morgan fingerprint density at radius 2 is 2.35 bits per heavy atom. The Labute approximate surface area is 102 Å². The summed E-state index contributed by atoms with van der Waals surface area (Å²) in [5.74, 6) is 0.0581. The number of piperazine rings is 1. The van der Waals surface area contributed by atoms with Gasteiger partial charge in [0.2, 0.25) is 11.8 Å². The van der Waals surface area contributed by atoms with E-state index in [4.69, 9.17) is 0 Å². The number of nitrogens with one attached hydrogen (secondary N) is 1. The molecule has 2 amide bonds. The van der Waals surface area contributed by atoms with E-state index >= 15 is 0 Å². The van der Waals surface area contributed by atoms with Crippen molar-refractivity contribution in [3.05, 3.63) is 11.6 Å². The average Bonchev–Trinajstić information content (AvgIpc) is 2.34. The van der Waals surface area contributed by atoms with Crippen LogP contribution in [0.3, 0.4) is 0 Å². The van der Waals surface area contributed by atoms with Gasteiger partial charge in [-0.3, -0.25) is 9.59 Å². The zero-order chi connectivity index (χ0) is 12.3. The van der Waals surface area contributed by atoms with Gasteiger partial charge in [-0.15, -0.1) is 0 Å². The fourth-order valence-corrected chi connectivity index (χ4v) is 2.48. The number of allylic oxidation sites excluding steroid dienone is 1. The predicted molar refractivity (Wildman–Crippen MR) is 65.4 cm³/mol. The molecule has 0 spiro atoms. The summed E-state index contributed by atoms with van der Waals surface area (Å²) in [6.45, 7) is 3.01. The third kappa shape index (κ3) is 2.87. The molecule has 1 fully saturated rings. The van der Waals surface area contributed by atoms with Crippen LogP contribution in [0.25, 0.3) is 0 Å². The van der Waals surface area contributed by atoms with Crippen molar-refractivity contribution < 1.29 is 9.59 Å². The van der Waals surface area contributed by atoms with Gasteiger partial charge in [0.25, 0.3) is 0 Å². The lowest BCUT2D eigenvalue weighted by Gasteiger charge is -2.33. The summed E-state index contributed by atoms with van der Waals surface area (Å²) in [7, 11) is 0. The minimum Gasteiger partial charge on any atom is -0.353 e. The number of hydrogen-bond acceptors (Lipinski definition) is 2. The summed E-state index contributed by atoms with van der Waals surface area (Å²) in [4.78, 5) is 25.3. The number of hydrogen-bond donors (Lipinski definition) is 1. The predicted octanol–water partition coefficient (Wildman–Crippen LogP) is 1.22. The van der Waals surface area contributed by atoms with E-state index in [1.54, 1.807) is 11.8 Å². The molecule has 1 heterocycles. The van der Waals surface area contributed by atoms with Crippen molar-refractivity contribution in [1.82, 2.24) is 10.2 Å². The minimum atomic E-state index is -0.319. The number of rotatable bonds is 2. The Balaban J connectivity index is 1.94. The maximum absolute atomic E-state index is 12.1. The molecule has 0 aromatic heterocycles. The van der Waals surface area contributed by atoms with Crippen LogP contribution in [0.15, 0.2) is 11.6 Å². The molecule has 1 aliphatic carbocycles. The van der Waals surface area contributed by atoms with E-state index in [-0.39, 0.29) is 17.9 Å². The average molecular weight is 236 g/mol. The number of carbonyl (C=O) groups is 2. The van der Waals surface area contributed by atoms with E-state index in [1.165, 1.54) is 18.4 Å². The summed E-state index contributed by atoms with van der Waals surface area (Å²) >= 11 is 0. The van der Waals surface area contributed by atoms with Crippen molar-refractivity contribution in [2.75, 3.05) is 13.1 Å². The topological polar surface area (TPSA) is 49.4 Å². The third-order valence-corrected chi connectivity index (χ3v) is 3.58. The van der Waals surface area contributed by atoms with Crippen LogP contribution in [0.5, 0.6) is 0 Å². The van der Waals surface area contributed by atoms with Crippen LogP contribution < -0.4 is 5.32 Å². The van der Waals surface area contributed by atoms with E-state index in [9.17, 15) is 9.59 Å². The van der Waals surface area contributed by atoms with Gasteiger partial charge < -0.3 is 10.2 Å². The summed E-state index contributed by atoms with van der Waals surface area (Å²) in [5.41, 5.74) is 1.25. The molecule has 0 bridgehead atoms. The van der Waals surface area contributed by atoms with Crippen molar-refractivity contribution in [2.45, 2.75) is 45.1 Å². The van der Waals surface area contributed by atoms with Crippen LogP contribution in [0.1, 0.15) is 39.0 Å². The Bertz CT molecular complexity index is 349. The second kappa shape index (κ2) is 5.34. The monoisotopic (exact) mass is 236 g/mol. The zero-order valence-corrected chi connectivity index (χ0v) is 10.4. The van der Waals surface area contributed by atoms with Gasteiger partial charge >= 0.3 is 0 Å². The summed E-state index contributed by atoms with van der Waals surface area (Å²) in [5, 5.41) is 2.77. The van der Waals surface area contributed by atoms with Crippen LogP contribution >= 0.6 is 0 Å². The molecule has 1 unspecified atom stereocenters. The Morgan fingerprint density at radius 3 is 3.06 bits per heavy atom. The molecule has 0 saturated carbocycles. The molecule has 1 aliphatic heterocycles. The Morgan fingerprint density at radius 1 is 1.53 bits per heavy atom. The van der Waals surface area contributed by atoms with E-state index < -0.39 is 0 Å². The van der Waals surface area contributed by atoms with Crippen LogP contribution in [0.4, 0.5) is 0 Å². The first-order valence-corrected chi connectivity index (χ1v) is 6.43. The van der Waals surface area contributed by atoms with Gasteiger partial charge in [0.1, 0.15) is 6.04 Å². The second-order valence-corrected chi connectivity index (χ2v) is 4.84. The summed E-state index contributed by atoms with van der Waals surface area (Å²) in [6, 6.07) is -0.319. The molecular formula is C13H20N2O2. The van der Waals surface area contributed by atoms with Gasteiger partial charge in [0, 0.05) is 19.5 Å². The molecule has 1 atom stereocenters. The minimum absolute atomic E-state index is 0.0396. The normalized spacial score (nSPS) is 25.2. The lowest BCUT2D eigenvalue weighted by atomic mass is 9.96. The largest absolute Gasteiger partial charge is 0.353 e. The molecule has 17 heavy (non-hydrogen) atoms. The molecular weight excluding hydrogens is 216 g/mol. The van der Waals surface area contributed by atoms with Crippen LogP contribution in [-0.4, -0.2) is 35.8 Å². The van der Waals surface area contributed by atoms with Crippen molar-refractivity contribution in [3.63, 3.8) is 0 Å². The molecule has 1 N–H and O–H groups in total. The highest BCUT2D eigenvalue weighted by molar-refractivity contribution is 5.89. The Kier molecular flexibility index (Phi) is 3.82. The van der Waals surface area contributed by atoms with Crippen molar-refractivity contribution in [2.24, 2.45) is 0 Å². The molecule has 4 nitrogen and oxygen atoms in total. The summed E-state index contributed by atoms with van der Waals surface area (Å²) in [6.07, 6.45) is 7.25. The SMILES string of the molecule is CC1C(=O)NCCN1C(=O)CC1=CCCCC1. The Hall–Kier alpha value is -1.32. The van der Waals surface area contributed by atoms with E-state index in [2.05, 4.69) is 11.4 Å². The molecule has 2 rings (SSSR count). The summed E-state index contributed by atoms with van der Waals surface area (Å²) < 4.78 is 0. The van der Waals surface area contributed by atoms with Gasteiger partial charge in [-0.25, -0.2) is 0 Å². The highest BCUT2D eigenvalue weighted by Crippen LogP contribution is 2.21. The lowest BCUT2D eigenvalue weighted by Crippen LogP contribution is -2.55. The van der Waals surface area contributed by atoms with Crippen LogP contribution in [0, 0.1) is 0 Å². The molecule has 0 aromatic carbocycles. The van der Waals surface area contributed by atoms with Gasteiger partial charge in [-0.1, -0.05) is 11.6 Å². The first-order valence-electron chi connectivity index (χ1n) is 6.43. The van der Waals surface area contributed by atoms with E-state index in [0.29, 0.717) is 19.5 Å². The van der Waals surface area contributed by atoms with Gasteiger partial charge in [0.15, 0.2) is 0 Å². The number of carbonyl (C=O) groups excluding carboxylic acids is 2. The third-order valence-electron chi connectivity index (χ3n) is 3.58. The first-order chi connectivity index (χ1) is 8.18. The van der Waals surface area contributed by atoms with Crippen molar-refractivity contribution >= 4 is 11.8 Å². The molecule has 94 valence electrons. The maximum atomic E-state index is 12.1. The number of nitrogens with zero attached hydrogens (tertiary/aromatic N) is 1. The molecule has 4 heteroatoms. The first kappa shape index (κ1) is 12.1.